The molecular formula is C17H20N2O3S. The van der Waals surface area contributed by atoms with Gasteiger partial charge in [0, 0.05) is 41.1 Å². The van der Waals surface area contributed by atoms with Gasteiger partial charge in [-0.3, -0.25) is 10.1 Å². The summed E-state index contributed by atoms with van der Waals surface area (Å²) < 4.78 is 0. The number of benzene rings is 2. The summed E-state index contributed by atoms with van der Waals surface area (Å²) in [7, 11) is 0. The van der Waals surface area contributed by atoms with Gasteiger partial charge >= 0.3 is 0 Å². The third-order valence-corrected chi connectivity index (χ3v) is 4.49. The molecule has 0 fully saturated rings. The first-order valence-electron chi connectivity index (χ1n) is 7.41. The number of thioether (sulfide) groups is 1. The Hall–Kier alpha value is -2.05. The number of hydrogen-bond donors (Lipinski definition) is 2. The van der Waals surface area contributed by atoms with Crippen LogP contribution < -0.4 is 5.32 Å². The van der Waals surface area contributed by atoms with Gasteiger partial charge in [0.05, 0.1) is 4.92 Å². The summed E-state index contributed by atoms with van der Waals surface area (Å²) in [6.45, 7) is 2.50. The summed E-state index contributed by atoms with van der Waals surface area (Å²) in [4.78, 5) is 11.8. The van der Waals surface area contributed by atoms with Gasteiger partial charge in [-0.2, -0.15) is 0 Å². The summed E-state index contributed by atoms with van der Waals surface area (Å²) >= 11 is 1.71. The van der Waals surface area contributed by atoms with E-state index < -0.39 is 0 Å². The van der Waals surface area contributed by atoms with Crippen LogP contribution in [0.4, 0.5) is 11.4 Å². The molecule has 0 saturated carbocycles. The summed E-state index contributed by atoms with van der Waals surface area (Å²) in [5.41, 5.74) is 2.67. The molecule has 0 radical (unpaired) electrons. The molecule has 0 aliphatic heterocycles. The van der Waals surface area contributed by atoms with Crippen LogP contribution in [0.3, 0.4) is 0 Å². The van der Waals surface area contributed by atoms with Gasteiger partial charge in [-0.1, -0.05) is 12.1 Å². The molecule has 2 rings (SSSR count). The van der Waals surface area contributed by atoms with Crippen LogP contribution in [0.2, 0.25) is 0 Å². The van der Waals surface area contributed by atoms with Crippen molar-refractivity contribution in [2.75, 3.05) is 17.7 Å². The molecule has 0 aliphatic carbocycles. The van der Waals surface area contributed by atoms with E-state index in [-0.39, 0.29) is 17.2 Å². The Bertz CT molecular complexity index is 659. The van der Waals surface area contributed by atoms with Crippen LogP contribution >= 0.6 is 11.8 Å². The maximum atomic E-state index is 11.0. The van der Waals surface area contributed by atoms with Gasteiger partial charge in [-0.25, -0.2) is 0 Å². The first-order chi connectivity index (χ1) is 11.1. The molecule has 2 N–H and O–H groups in total. The number of aryl methyl sites for hydroxylation is 1. The molecule has 0 bridgehead atoms. The van der Waals surface area contributed by atoms with Gasteiger partial charge in [0.1, 0.15) is 0 Å². The topological polar surface area (TPSA) is 75.4 Å². The van der Waals surface area contributed by atoms with E-state index >= 15 is 0 Å². The lowest BCUT2D eigenvalue weighted by atomic mass is 10.1. The lowest BCUT2D eigenvalue weighted by Crippen LogP contribution is -2.01. The van der Waals surface area contributed by atoms with Crippen LogP contribution in [-0.4, -0.2) is 22.4 Å². The number of aliphatic hydroxyl groups excluding tert-OH is 1. The predicted octanol–water partition coefficient (Wildman–Crippen LogP) is 3.99. The van der Waals surface area contributed by atoms with Crippen molar-refractivity contribution in [1.29, 1.82) is 0 Å². The summed E-state index contributed by atoms with van der Waals surface area (Å²) in [5.74, 6) is 0.899. The zero-order chi connectivity index (χ0) is 16.7. The minimum absolute atomic E-state index is 0.153. The highest BCUT2D eigenvalue weighted by Gasteiger charge is 2.10. The minimum atomic E-state index is -0.350. The second-order valence-corrected chi connectivity index (χ2v) is 6.35. The van der Waals surface area contributed by atoms with Crippen LogP contribution in [0.15, 0.2) is 47.4 Å². The average molecular weight is 332 g/mol. The van der Waals surface area contributed by atoms with Crippen LogP contribution in [0.5, 0.6) is 0 Å². The molecule has 0 amide bonds. The molecule has 0 aromatic heterocycles. The molecule has 6 heteroatoms. The Morgan fingerprint density at radius 1 is 1.22 bits per heavy atom. The normalized spacial score (nSPS) is 10.5. The molecule has 2 aromatic carbocycles. The standard InChI is InChI=1S/C17H20N2O3S/c1-13-3-4-14(11-17(13)19(21)22)12-18-15-5-7-16(8-6-15)23-10-2-9-20/h3-8,11,18,20H,2,9-10,12H2,1H3. The highest BCUT2D eigenvalue weighted by molar-refractivity contribution is 7.99. The number of rotatable bonds is 8. The highest BCUT2D eigenvalue weighted by atomic mass is 32.2. The SMILES string of the molecule is Cc1ccc(CNc2ccc(SCCCO)cc2)cc1[N+](=O)[O-]. The fraction of sp³-hybridized carbons (Fsp3) is 0.294. The molecule has 0 aliphatic rings. The Morgan fingerprint density at radius 2 is 1.96 bits per heavy atom. The van der Waals surface area contributed by atoms with Gasteiger partial charge in [-0.15, -0.1) is 11.8 Å². The lowest BCUT2D eigenvalue weighted by molar-refractivity contribution is -0.385. The van der Waals surface area contributed by atoms with Crippen LogP contribution in [0.1, 0.15) is 17.5 Å². The summed E-state index contributed by atoms with van der Waals surface area (Å²) in [5, 5.41) is 23.0. The van der Waals surface area contributed by atoms with E-state index in [0.29, 0.717) is 12.1 Å². The fourth-order valence-corrected chi connectivity index (χ4v) is 2.93. The maximum Gasteiger partial charge on any atom is 0.272 e. The first kappa shape index (κ1) is 17.3. The van der Waals surface area contributed by atoms with E-state index in [1.807, 2.05) is 30.3 Å². The van der Waals surface area contributed by atoms with Crippen molar-refractivity contribution in [1.82, 2.24) is 0 Å². The van der Waals surface area contributed by atoms with Crippen molar-refractivity contribution in [3.8, 4) is 0 Å². The highest BCUT2D eigenvalue weighted by Crippen LogP contribution is 2.22. The summed E-state index contributed by atoms with van der Waals surface area (Å²) in [6.07, 6.45) is 0.789. The van der Waals surface area contributed by atoms with Crippen LogP contribution in [0, 0.1) is 17.0 Å². The number of nitrogens with one attached hydrogen (secondary N) is 1. The fourth-order valence-electron chi connectivity index (χ4n) is 2.09. The van der Waals surface area contributed by atoms with Crippen molar-refractivity contribution < 1.29 is 10.0 Å². The smallest absolute Gasteiger partial charge is 0.272 e. The molecule has 23 heavy (non-hydrogen) atoms. The predicted molar refractivity (Wildman–Crippen MR) is 94.0 cm³/mol. The number of anilines is 1. The van der Waals surface area contributed by atoms with Gasteiger partial charge in [0.15, 0.2) is 0 Å². The Labute approximate surface area is 139 Å². The van der Waals surface area contributed by atoms with E-state index in [9.17, 15) is 10.1 Å². The average Bonchev–Trinajstić information content (AvgIpc) is 2.55. The van der Waals surface area contributed by atoms with Gasteiger partial charge in [0.25, 0.3) is 5.69 Å². The molecule has 0 atom stereocenters. The second-order valence-electron chi connectivity index (χ2n) is 5.18. The number of nitrogens with zero attached hydrogens (tertiary/aromatic N) is 1. The van der Waals surface area contributed by atoms with Crippen molar-refractivity contribution in [3.05, 3.63) is 63.7 Å². The number of hydrogen-bond acceptors (Lipinski definition) is 5. The Kier molecular flexibility index (Phi) is 6.43. The minimum Gasteiger partial charge on any atom is -0.396 e. The Morgan fingerprint density at radius 3 is 2.61 bits per heavy atom. The van der Waals surface area contributed by atoms with Crippen LogP contribution in [0.25, 0.3) is 0 Å². The molecule has 5 nitrogen and oxygen atoms in total. The van der Waals surface area contributed by atoms with Gasteiger partial charge < -0.3 is 10.4 Å². The number of nitro groups is 1. The third-order valence-electron chi connectivity index (χ3n) is 3.39. The largest absolute Gasteiger partial charge is 0.396 e. The summed E-state index contributed by atoms with van der Waals surface area (Å²) in [6, 6.07) is 13.3. The molecule has 0 unspecified atom stereocenters. The maximum absolute atomic E-state index is 11.0. The molecule has 0 heterocycles. The number of aliphatic hydroxyl groups is 1. The zero-order valence-corrected chi connectivity index (χ0v) is 13.8. The molecule has 2 aromatic rings. The zero-order valence-electron chi connectivity index (χ0n) is 13.0. The quantitative estimate of drug-likeness (QED) is 0.331. The molecular weight excluding hydrogens is 312 g/mol. The monoisotopic (exact) mass is 332 g/mol. The van der Waals surface area contributed by atoms with Gasteiger partial charge in [-0.05, 0) is 43.2 Å². The second kappa shape index (κ2) is 8.55. The van der Waals surface area contributed by atoms with Crippen molar-refractivity contribution in [2.24, 2.45) is 0 Å². The molecule has 0 spiro atoms. The van der Waals surface area contributed by atoms with Crippen molar-refractivity contribution >= 4 is 23.1 Å². The Balaban J connectivity index is 1.93. The molecule has 0 saturated heterocycles. The van der Waals surface area contributed by atoms with Crippen molar-refractivity contribution in [2.45, 2.75) is 24.8 Å². The van der Waals surface area contributed by atoms with E-state index in [4.69, 9.17) is 5.11 Å². The third kappa shape index (κ3) is 5.26. The van der Waals surface area contributed by atoms with Crippen molar-refractivity contribution in [3.63, 3.8) is 0 Å². The molecule has 122 valence electrons. The van der Waals surface area contributed by atoms with Gasteiger partial charge in [0.2, 0.25) is 0 Å². The van der Waals surface area contributed by atoms with E-state index in [1.165, 1.54) is 0 Å². The van der Waals surface area contributed by atoms with E-state index in [0.717, 1.165) is 28.3 Å². The van der Waals surface area contributed by atoms with E-state index in [1.54, 1.807) is 30.8 Å². The van der Waals surface area contributed by atoms with Crippen LogP contribution in [-0.2, 0) is 6.54 Å². The lowest BCUT2D eigenvalue weighted by Gasteiger charge is -2.08. The number of nitro benzene ring substituents is 1. The van der Waals surface area contributed by atoms with E-state index in [2.05, 4.69) is 5.32 Å². The first-order valence-corrected chi connectivity index (χ1v) is 8.40.